The Bertz CT molecular complexity index is 795. The number of benzene rings is 1. The fraction of sp³-hybridized carbons (Fsp3) is 0. The van der Waals surface area contributed by atoms with Crippen molar-refractivity contribution in [3.05, 3.63) is 62.1 Å². The van der Waals surface area contributed by atoms with Crippen LogP contribution in [0.1, 0.15) is 11.3 Å². The van der Waals surface area contributed by atoms with Crippen molar-refractivity contribution >= 4 is 57.1 Å². The summed E-state index contributed by atoms with van der Waals surface area (Å²) in [5.74, 6) is 0.0584. The molecule has 2 heterocycles. The molecule has 1 aromatic carbocycles. The van der Waals surface area contributed by atoms with Gasteiger partial charge in [-0.15, -0.1) is 0 Å². The van der Waals surface area contributed by atoms with Gasteiger partial charge in [0.25, 0.3) is 0 Å². The first kappa shape index (κ1) is 14.4. The maximum Gasteiger partial charge on any atom is 0.363 e. The lowest BCUT2D eigenvalue weighted by molar-refractivity contribution is -0.129. The highest BCUT2D eigenvalue weighted by Crippen LogP contribution is 2.26. The van der Waals surface area contributed by atoms with E-state index in [1.807, 2.05) is 0 Å². The number of cyclic esters (lactones) is 1. The van der Waals surface area contributed by atoms with E-state index in [1.165, 1.54) is 6.08 Å². The summed E-state index contributed by atoms with van der Waals surface area (Å²) in [5.41, 5.74) is 0.635. The Morgan fingerprint density at radius 3 is 2.67 bits per heavy atom. The minimum atomic E-state index is -0.566. The van der Waals surface area contributed by atoms with Crippen LogP contribution in [0.2, 0.25) is 10.0 Å². The quantitative estimate of drug-likeness (QED) is 0.555. The molecule has 106 valence electrons. The summed E-state index contributed by atoms with van der Waals surface area (Å²) >= 11 is 15.1. The maximum atomic E-state index is 11.8. The van der Waals surface area contributed by atoms with Gasteiger partial charge >= 0.3 is 5.97 Å². The van der Waals surface area contributed by atoms with Gasteiger partial charge in [-0.2, -0.15) is 0 Å². The summed E-state index contributed by atoms with van der Waals surface area (Å²) in [6.07, 6.45) is 1.49. The van der Waals surface area contributed by atoms with Crippen LogP contribution in [0, 0.1) is 0 Å². The van der Waals surface area contributed by atoms with Crippen molar-refractivity contribution in [1.29, 1.82) is 0 Å². The molecule has 0 saturated carbocycles. The van der Waals surface area contributed by atoms with Gasteiger partial charge in [-0.05, 0) is 46.3 Å². The van der Waals surface area contributed by atoms with Crippen molar-refractivity contribution in [2.24, 2.45) is 4.99 Å². The molecular formula is C14H6BrCl2NO3. The van der Waals surface area contributed by atoms with Crippen LogP contribution >= 0.6 is 39.1 Å². The van der Waals surface area contributed by atoms with Crippen molar-refractivity contribution in [2.75, 3.05) is 0 Å². The highest BCUT2D eigenvalue weighted by atomic mass is 79.9. The number of rotatable bonds is 2. The zero-order valence-electron chi connectivity index (χ0n) is 10.3. The van der Waals surface area contributed by atoms with E-state index in [-0.39, 0.29) is 11.6 Å². The molecule has 0 atom stereocenters. The van der Waals surface area contributed by atoms with E-state index in [0.29, 0.717) is 26.0 Å². The molecule has 1 aliphatic heterocycles. The minimum Gasteiger partial charge on any atom is -0.450 e. The van der Waals surface area contributed by atoms with Gasteiger partial charge in [-0.25, -0.2) is 9.79 Å². The fourth-order valence-corrected chi connectivity index (χ4v) is 2.54. The Labute approximate surface area is 138 Å². The first-order valence-corrected chi connectivity index (χ1v) is 7.31. The van der Waals surface area contributed by atoms with Crippen LogP contribution in [0.15, 0.2) is 50.1 Å². The average molecular weight is 387 g/mol. The van der Waals surface area contributed by atoms with Crippen molar-refractivity contribution < 1.29 is 13.9 Å². The van der Waals surface area contributed by atoms with Gasteiger partial charge in [0, 0.05) is 11.1 Å². The number of carbonyl (C=O) groups is 1. The van der Waals surface area contributed by atoms with Crippen LogP contribution in [0.4, 0.5) is 0 Å². The molecule has 7 heteroatoms. The van der Waals surface area contributed by atoms with Gasteiger partial charge in [0.2, 0.25) is 5.90 Å². The maximum absolute atomic E-state index is 11.8. The van der Waals surface area contributed by atoms with E-state index >= 15 is 0 Å². The summed E-state index contributed by atoms with van der Waals surface area (Å²) in [6.45, 7) is 0. The number of carbonyl (C=O) groups excluding carboxylic acids is 1. The van der Waals surface area contributed by atoms with Crippen LogP contribution < -0.4 is 0 Å². The van der Waals surface area contributed by atoms with Crippen molar-refractivity contribution in [2.45, 2.75) is 0 Å². The molecule has 0 unspecified atom stereocenters. The van der Waals surface area contributed by atoms with Crippen LogP contribution in [-0.2, 0) is 9.53 Å². The Morgan fingerprint density at radius 1 is 1.19 bits per heavy atom. The summed E-state index contributed by atoms with van der Waals surface area (Å²) in [4.78, 5) is 16.0. The van der Waals surface area contributed by atoms with Crippen LogP contribution in [-0.4, -0.2) is 11.9 Å². The number of furan rings is 1. The third kappa shape index (κ3) is 3.05. The molecule has 0 amide bonds. The SMILES string of the molecule is O=C1OC(c2ccc(Cl)cc2Cl)=N/C1=C/c1ccc(Br)o1. The lowest BCUT2D eigenvalue weighted by Gasteiger charge is -2.02. The first-order chi connectivity index (χ1) is 10.0. The van der Waals surface area contributed by atoms with E-state index in [1.54, 1.807) is 30.3 Å². The summed E-state index contributed by atoms with van der Waals surface area (Å²) in [7, 11) is 0. The lowest BCUT2D eigenvalue weighted by atomic mass is 10.2. The number of ether oxygens (including phenoxy) is 1. The Balaban J connectivity index is 1.97. The molecule has 0 aliphatic carbocycles. The molecular weight excluding hydrogens is 381 g/mol. The van der Waals surface area contributed by atoms with E-state index in [4.69, 9.17) is 32.4 Å². The Kier molecular flexibility index (Phi) is 3.89. The molecule has 1 aliphatic rings. The Hall–Kier alpha value is -1.56. The molecule has 0 radical (unpaired) electrons. The highest BCUT2D eigenvalue weighted by Gasteiger charge is 2.26. The summed E-state index contributed by atoms with van der Waals surface area (Å²) in [5, 5.41) is 0.848. The number of nitrogens with zero attached hydrogens (tertiary/aromatic N) is 1. The molecule has 0 fully saturated rings. The van der Waals surface area contributed by atoms with Gasteiger partial charge in [0.05, 0.1) is 10.6 Å². The van der Waals surface area contributed by atoms with E-state index in [2.05, 4.69) is 20.9 Å². The van der Waals surface area contributed by atoms with Crippen LogP contribution in [0.25, 0.3) is 6.08 Å². The second-order valence-corrected chi connectivity index (χ2v) is 5.73. The standard InChI is InChI=1S/C14H6BrCl2NO3/c15-12-4-2-8(20-12)6-11-14(19)21-13(18-11)9-3-1-7(16)5-10(9)17/h1-6H/b11-6+. The zero-order valence-corrected chi connectivity index (χ0v) is 13.4. The van der Waals surface area contributed by atoms with E-state index < -0.39 is 5.97 Å². The smallest absolute Gasteiger partial charge is 0.363 e. The molecule has 0 N–H and O–H groups in total. The first-order valence-electron chi connectivity index (χ1n) is 5.76. The third-order valence-electron chi connectivity index (χ3n) is 2.66. The molecule has 3 rings (SSSR count). The van der Waals surface area contributed by atoms with Gasteiger partial charge in [-0.3, -0.25) is 0 Å². The number of aliphatic imine (C=N–C) groups is 1. The summed E-state index contributed by atoms with van der Waals surface area (Å²) < 4.78 is 11.0. The molecule has 4 nitrogen and oxygen atoms in total. The average Bonchev–Trinajstić information content (AvgIpc) is 2.97. The minimum absolute atomic E-state index is 0.137. The molecule has 0 spiro atoms. The second kappa shape index (κ2) is 5.67. The van der Waals surface area contributed by atoms with Gasteiger partial charge in [0.1, 0.15) is 5.76 Å². The van der Waals surface area contributed by atoms with Crippen LogP contribution in [0.3, 0.4) is 0 Å². The monoisotopic (exact) mass is 385 g/mol. The van der Waals surface area contributed by atoms with Crippen molar-refractivity contribution in [3.8, 4) is 0 Å². The molecule has 2 aromatic rings. The highest BCUT2D eigenvalue weighted by molar-refractivity contribution is 9.10. The summed E-state index contributed by atoms with van der Waals surface area (Å²) in [6, 6.07) is 8.26. The van der Waals surface area contributed by atoms with E-state index in [0.717, 1.165) is 0 Å². The molecule has 0 bridgehead atoms. The van der Waals surface area contributed by atoms with Gasteiger partial charge in [0.15, 0.2) is 10.4 Å². The fourth-order valence-electron chi connectivity index (χ4n) is 1.73. The molecule has 0 saturated heterocycles. The van der Waals surface area contributed by atoms with Crippen LogP contribution in [0.5, 0.6) is 0 Å². The molecule has 21 heavy (non-hydrogen) atoms. The second-order valence-electron chi connectivity index (χ2n) is 4.10. The number of halogens is 3. The number of hydrogen-bond donors (Lipinski definition) is 0. The number of esters is 1. The largest absolute Gasteiger partial charge is 0.450 e. The van der Waals surface area contributed by atoms with Gasteiger partial charge < -0.3 is 9.15 Å². The normalized spacial score (nSPS) is 16.2. The van der Waals surface area contributed by atoms with E-state index in [9.17, 15) is 4.79 Å². The third-order valence-corrected chi connectivity index (χ3v) is 3.63. The lowest BCUT2D eigenvalue weighted by Crippen LogP contribution is -2.05. The topological polar surface area (TPSA) is 51.8 Å². The van der Waals surface area contributed by atoms with Crippen molar-refractivity contribution in [1.82, 2.24) is 0 Å². The number of hydrogen-bond acceptors (Lipinski definition) is 4. The molecule has 1 aromatic heterocycles. The zero-order chi connectivity index (χ0) is 15.0. The predicted molar refractivity (Wildman–Crippen MR) is 83.5 cm³/mol. The predicted octanol–water partition coefficient (Wildman–Crippen LogP) is 4.69. The Morgan fingerprint density at radius 2 is 2.00 bits per heavy atom. The van der Waals surface area contributed by atoms with Crippen molar-refractivity contribution in [3.63, 3.8) is 0 Å². The van der Waals surface area contributed by atoms with Gasteiger partial charge in [-0.1, -0.05) is 23.2 Å².